The monoisotopic (exact) mass is 283 g/mol. The van der Waals surface area contributed by atoms with Crippen molar-refractivity contribution in [1.82, 2.24) is 10.2 Å². The van der Waals surface area contributed by atoms with E-state index in [1.54, 1.807) is 0 Å². The molecule has 0 aromatic heterocycles. The number of hydrogen-bond acceptors (Lipinski definition) is 3. The summed E-state index contributed by atoms with van der Waals surface area (Å²) in [6.45, 7) is 4.69. The molecule has 2 aliphatic rings. The zero-order chi connectivity index (χ0) is 14.7. The molecule has 3 unspecified atom stereocenters. The van der Waals surface area contributed by atoms with Crippen molar-refractivity contribution in [2.45, 2.75) is 57.2 Å². The van der Waals surface area contributed by atoms with Crippen LogP contribution in [0.25, 0.3) is 0 Å². The first-order valence-electron chi connectivity index (χ1n) is 8.29. The van der Waals surface area contributed by atoms with E-state index in [1.165, 1.54) is 50.8 Å². The minimum atomic E-state index is 0.436. The van der Waals surface area contributed by atoms with Crippen molar-refractivity contribution < 1.29 is 0 Å². The first-order valence-corrected chi connectivity index (χ1v) is 8.29. The summed E-state index contributed by atoms with van der Waals surface area (Å²) < 4.78 is 0. The van der Waals surface area contributed by atoms with Crippen molar-refractivity contribution in [1.29, 1.82) is 5.26 Å². The Morgan fingerprint density at radius 3 is 2.67 bits per heavy atom. The van der Waals surface area contributed by atoms with Crippen LogP contribution in [0.1, 0.15) is 56.2 Å². The second kappa shape index (κ2) is 6.60. The third-order valence-electron chi connectivity index (χ3n) is 5.17. The van der Waals surface area contributed by atoms with Gasteiger partial charge in [-0.25, -0.2) is 0 Å². The van der Waals surface area contributed by atoms with Gasteiger partial charge < -0.3 is 5.32 Å². The Balaban J connectivity index is 1.76. The van der Waals surface area contributed by atoms with Crippen LogP contribution in [0.3, 0.4) is 0 Å². The van der Waals surface area contributed by atoms with Gasteiger partial charge >= 0.3 is 0 Å². The van der Waals surface area contributed by atoms with Gasteiger partial charge in [0.1, 0.15) is 0 Å². The van der Waals surface area contributed by atoms with Gasteiger partial charge in [-0.05, 0) is 63.4 Å². The predicted octanol–water partition coefficient (Wildman–Crippen LogP) is 3.23. The largest absolute Gasteiger partial charge is 0.312 e. The molecular formula is C18H25N3. The molecule has 0 saturated carbocycles. The number of rotatable bonds is 3. The van der Waals surface area contributed by atoms with E-state index in [-0.39, 0.29) is 0 Å². The summed E-state index contributed by atoms with van der Waals surface area (Å²) >= 11 is 0. The smallest absolute Gasteiger partial charge is 0.0991 e. The van der Waals surface area contributed by atoms with Gasteiger partial charge in [-0.2, -0.15) is 5.26 Å². The van der Waals surface area contributed by atoms with E-state index in [4.69, 9.17) is 5.26 Å². The lowest BCUT2D eigenvalue weighted by Gasteiger charge is -2.43. The van der Waals surface area contributed by atoms with Gasteiger partial charge in [0, 0.05) is 18.1 Å². The Labute approximate surface area is 128 Å². The first kappa shape index (κ1) is 14.6. The number of nitrogens with zero attached hydrogens (tertiary/aromatic N) is 2. The van der Waals surface area contributed by atoms with Gasteiger partial charge in [-0.15, -0.1) is 0 Å². The molecule has 21 heavy (non-hydrogen) atoms. The summed E-state index contributed by atoms with van der Waals surface area (Å²) in [5, 5.41) is 12.6. The maximum Gasteiger partial charge on any atom is 0.0991 e. The fourth-order valence-corrected chi connectivity index (χ4v) is 3.96. The summed E-state index contributed by atoms with van der Waals surface area (Å²) in [4.78, 5) is 2.69. The molecule has 2 fully saturated rings. The average Bonchev–Trinajstić information content (AvgIpc) is 3.08. The molecule has 3 nitrogen and oxygen atoms in total. The van der Waals surface area contributed by atoms with Gasteiger partial charge in [0.2, 0.25) is 0 Å². The van der Waals surface area contributed by atoms with Gasteiger partial charge in [0.05, 0.1) is 11.6 Å². The maximum atomic E-state index is 8.93. The van der Waals surface area contributed by atoms with Crippen molar-refractivity contribution in [2.75, 3.05) is 13.1 Å². The van der Waals surface area contributed by atoms with Crippen LogP contribution in [0.4, 0.5) is 0 Å². The number of nitriles is 1. The van der Waals surface area contributed by atoms with Crippen molar-refractivity contribution in [3.05, 3.63) is 35.4 Å². The van der Waals surface area contributed by atoms with E-state index < -0.39 is 0 Å². The Morgan fingerprint density at radius 2 is 2.00 bits per heavy atom. The molecule has 1 N–H and O–H groups in total. The summed E-state index contributed by atoms with van der Waals surface area (Å²) in [5.41, 5.74) is 2.08. The van der Waals surface area contributed by atoms with Crippen molar-refractivity contribution in [3.63, 3.8) is 0 Å². The van der Waals surface area contributed by atoms with Crippen LogP contribution in [0.2, 0.25) is 0 Å². The number of likely N-dealkylation sites (tertiary alicyclic amines) is 1. The number of benzene rings is 1. The van der Waals surface area contributed by atoms with Crippen LogP contribution in [0.15, 0.2) is 24.3 Å². The van der Waals surface area contributed by atoms with Crippen LogP contribution in [0, 0.1) is 11.3 Å². The van der Waals surface area contributed by atoms with Crippen LogP contribution in [0.5, 0.6) is 0 Å². The van der Waals surface area contributed by atoms with Crippen molar-refractivity contribution >= 4 is 0 Å². The van der Waals surface area contributed by atoms with Gasteiger partial charge in [0.15, 0.2) is 0 Å². The SMILES string of the molecule is CC(c1ccc(C#N)cc1)N1CCCCC1C1CCCN1. The van der Waals surface area contributed by atoms with E-state index >= 15 is 0 Å². The van der Waals surface area contributed by atoms with E-state index in [2.05, 4.69) is 35.3 Å². The molecule has 0 amide bonds. The van der Waals surface area contributed by atoms with E-state index in [9.17, 15) is 0 Å². The fraction of sp³-hybridized carbons (Fsp3) is 0.611. The topological polar surface area (TPSA) is 39.1 Å². The summed E-state index contributed by atoms with van der Waals surface area (Å²) in [5.74, 6) is 0. The molecule has 0 bridgehead atoms. The summed E-state index contributed by atoms with van der Waals surface area (Å²) in [7, 11) is 0. The number of hydrogen-bond donors (Lipinski definition) is 1. The molecule has 0 radical (unpaired) electrons. The van der Waals surface area contributed by atoms with Gasteiger partial charge in [-0.3, -0.25) is 4.90 Å². The second-order valence-corrected chi connectivity index (χ2v) is 6.41. The second-order valence-electron chi connectivity index (χ2n) is 6.41. The molecule has 0 aliphatic carbocycles. The lowest BCUT2D eigenvalue weighted by Crippen LogP contribution is -2.50. The molecule has 3 rings (SSSR count). The molecule has 112 valence electrons. The maximum absolute atomic E-state index is 8.93. The third kappa shape index (κ3) is 3.12. The molecule has 2 heterocycles. The standard InChI is InChI=1S/C18H25N3/c1-14(16-9-7-15(13-19)8-10-16)21-12-3-2-6-18(21)17-5-4-11-20-17/h7-10,14,17-18,20H,2-6,11-12H2,1H3. The van der Waals surface area contributed by atoms with E-state index in [0.29, 0.717) is 18.1 Å². The highest BCUT2D eigenvalue weighted by Crippen LogP contribution is 2.32. The van der Waals surface area contributed by atoms with Gasteiger partial charge in [-0.1, -0.05) is 18.6 Å². The quantitative estimate of drug-likeness (QED) is 0.925. The molecule has 3 atom stereocenters. The third-order valence-corrected chi connectivity index (χ3v) is 5.17. The highest BCUT2D eigenvalue weighted by atomic mass is 15.2. The molecule has 1 aromatic carbocycles. The van der Waals surface area contributed by atoms with E-state index in [1.807, 2.05) is 12.1 Å². The first-order chi connectivity index (χ1) is 10.3. The Hall–Kier alpha value is -1.37. The number of piperidine rings is 1. The zero-order valence-corrected chi connectivity index (χ0v) is 12.9. The van der Waals surface area contributed by atoms with E-state index in [0.717, 1.165) is 5.56 Å². The van der Waals surface area contributed by atoms with Crippen molar-refractivity contribution in [2.24, 2.45) is 0 Å². The van der Waals surface area contributed by atoms with Gasteiger partial charge in [0.25, 0.3) is 0 Å². The molecule has 3 heteroatoms. The average molecular weight is 283 g/mol. The summed E-state index contributed by atoms with van der Waals surface area (Å²) in [6.07, 6.45) is 6.63. The molecule has 1 aromatic rings. The molecule has 0 spiro atoms. The molecule has 2 saturated heterocycles. The lowest BCUT2D eigenvalue weighted by atomic mass is 9.91. The fourth-order valence-electron chi connectivity index (χ4n) is 3.96. The Bertz CT molecular complexity index is 496. The zero-order valence-electron chi connectivity index (χ0n) is 12.9. The number of nitrogens with one attached hydrogen (secondary N) is 1. The summed E-state index contributed by atoms with van der Waals surface area (Å²) in [6, 6.07) is 12.1. The van der Waals surface area contributed by atoms with Crippen LogP contribution in [-0.2, 0) is 0 Å². The Morgan fingerprint density at radius 1 is 1.19 bits per heavy atom. The minimum absolute atomic E-state index is 0.436. The van der Waals surface area contributed by atoms with Crippen molar-refractivity contribution in [3.8, 4) is 6.07 Å². The van der Waals surface area contributed by atoms with Crippen LogP contribution >= 0.6 is 0 Å². The van der Waals surface area contributed by atoms with Crippen LogP contribution in [-0.4, -0.2) is 30.1 Å². The highest BCUT2D eigenvalue weighted by Gasteiger charge is 2.34. The molecular weight excluding hydrogens is 258 g/mol. The normalized spacial score (nSPS) is 28.2. The minimum Gasteiger partial charge on any atom is -0.312 e. The molecule has 2 aliphatic heterocycles. The lowest BCUT2D eigenvalue weighted by molar-refractivity contribution is 0.0803. The predicted molar refractivity (Wildman–Crippen MR) is 84.9 cm³/mol. The van der Waals surface area contributed by atoms with Crippen LogP contribution < -0.4 is 5.32 Å². The highest BCUT2D eigenvalue weighted by molar-refractivity contribution is 5.32. The Kier molecular flexibility index (Phi) is 4.57.